The Morgan fingerprint density at radius 1 is 1.02 bits per heavy atom. The van der Waals surface area contributed by atoms with Gasteiger partial charge in [-0.25, -0.2) is 4.99 Å². The van der Waals surface area contributed by atoms with Gasteiger partial charge in [0, 0.05) is 37.4 Å². The van der Waals surface area contributed by atoms with Crippen molar-refractivity contribution in [2.24, 2.45) is 4.99 Å². The Labute approximate surface area is 272 Å². The topological polar surface area (TPSA) is 98.7 Å². The van der Waals surface area contributed by atoms with Crippen LogP contribution >= 0.6 is 23.5 Å². The lowest BCUT2D eigenvalue weighted by Crippen LogP contribution is -2.29. The van der Waals surface area contributed by atoms with Crippen LogP contribution in [0, 0.1) is 0 Å². The van der Waals surface area contributed by atoms with E-state index in [1.807, 2.05) is 105 Å². The van der Waals surface area contributed by atoms with Crippen LogP contribution in [0.4, 0.5) is 22.7 Å². The Hall–Kier alpha value is -3.97. The van der Waals surface area contributed by atoms with Crippen LogP contribution in [0.3, 0.4) is 0 Å². The summed E-state index contributed by atoms with van der Waals surface area (Å²) in [5.41, 5.74) is 4.05. The Balaban J connectivity index is 1.51. The third kappa shape index (κ3) is 7.82. The molecular weight excluding hydrogens is 609 g/mol. The second-order valence-corrected chi connectivity index (χ2v) is 12.7. The van der Waals surface area contributed by atoms with Crippen LogP contribution in [0.1, 0.15) is 12.5 Å². The number of anilines is 3. The Morgan fingerprint density at radius 2 is 1.82 bits per heavy atom. The van der Waals surface area contributed by atoms with Crippen molar-refractivity contribution in [3.05, 3.63) is 82.2 Å². The normalized spacial score (nSPS) is 16.9. The summed E-state index contributed by atoms with van der Waals surface area (Å²) in [6, 6.07) is 21.4. The standard InChI is InChI=1S/C33H38N6O4S2/c1-6-34-25-14-12-23(35-29(40)21-37(2)3)18-26(25)36-33-39(20-22-10-8-7-9-11-22)31(41)30(45-33)32-38(4)27-19-24(43-17-16-42-5)13-15-28(27)44-32/h7-15,18-19,34H,6,16-17,20-21H2,1-5H3,(H,35,40)/b32-30-,36-33+. The molecule has 0 unspecified atom stereocenters. The van der Waals surface area contributed by atoms with Gasteiger partial charge in [-0.2, -0.15) is 0 Å². The number of benzene rings is 3. The van der Waals surface area contributed by atoms with Gasteiger partial charge >= 0.3 is 0 Å². The van der Waals surface area contributed by atoms with Gasteiger partial charge in [0.2, 0.25) is 5.91 Å². The van der Waals surface area contributed by atoms with E-state index in [0.717, 1.165) is 32.6 Å². The smallest absolute Gasteiger partial charge is 0.269 e. The van der Waals surface area contributed by atoms with Crippen LogP contribution in [0.5, 0.6) is 5.75 Å². The lowest BCUT2D eigenvalue weighted by atomic mass is 10.2. The molecule has 45 heavy (non-hydrogen) atoms. The molecule has 1 fully saturated rings. The first kappa shape index (κ1) is 32.4. The zero-order chi connectivity index (χ0) is 31.9. The quantitative estimate of drug-likeness (QED) is 0.186. The average Bonchev–Trinajstić information content (AvgIpc) is 3.49. The summed E-state index contributed by atoms with van der Waals surface area (Å²) in [6.07, 6.45) is 0. The van der Waals surface area contributed by atoms with Gasteiger partial charge in [-0.3, -0.25) is 14.5 Å². The van der Waals surface area contributed by atoms with E-state index in [1.54, 1.807) is 23.8 Å². The van der Waals surface area contributed by atoms with Crippen molar-refractivity contribution < 1.29 is 19.1 Å². The molecule has 2 aliphatic heterocycles. The van der Waals surface area contributed by atoms with E-state index in [9.17, 15) is 9.59 Å². The summed E-state index contributed by atoms with van der Waals surface area (Å²) in [5, 5.41) is 7.73. The van der Waals surface area contributed by atoms with Gasteiger partial charge in [0.05, 0.1) is 41.8 Å². The molecule has 3 aromatic rings. The van der Waals surface area contributed by atoms with Crippen LogP contribution < -0.4 is 20.3 Å². The molecule has 0 aliphatic carbocycles. The van der Waals surface area contributed by atoms with Crippen molar-refractivity contribution in [1.29, 1.82) is 0 Å². The maximum atomic E-state index is 14.2. The van der Waals surface area contributed by atoms with Gasteiger partial charge in [-0.1, -0.05) is 42.1 Å². The molecule has 0 bridgehead atoms. The number of fused-ring (bicyclic) bond motifs is 1. The van der Waals surface area contributed by atoms with Crippen LogP contribution in [0.2, 0.25) is 0 Å². The maximum absolute atomic E-state index is 14.2. The molecular formula is C33H38N6O4S2. The van der Waals surface area contributed by atoms with E-state index in [2.05, 4.69) is 10.6 Å². The Bertz CT molecular complexity index is 1610. The third-order valence-corrected chi connectivity index (χ3v) is 9.36. The van der Waals surface area contributed by atoms with Gasteiger partial charge < -0.3 is 29.9 Å². The molecule has 236 valence electrons. The number of nitrogens with one attached hydrogen (secondary N) is 2. The molecule has 0 radical (unpaired) electrons. The third-order valence-electron chi connectivity index (χ3n) is 6.93. The number of carbonyl (C=O) groups excluding carboxylic acids is 2. The minimum atomic E-state index is -0.119. The molecule has 0 saturated carbocycles. The van der Waals surface area contributed by atoms with Crippen molar-refractivity contribution in [3.63, 3.8) is 0 Å². The Kier molecular flexibility index (Phi) is 10.7. The minimum Gasteiger partial charge on any atom is -0.491 e. The fourth-order valence-corrected chi connectivity index (χ4v) is 7.13. The van der Waals surface area contributed by atoms with E-state index < -0.39 is 0 Å². The van der Waals surface area contributed by atoms with Crippen molar-refractivity contribution >= 4 is 63.3 Å². The highest BCUT2D eigenvalue weighted by Crippen LogP contribution is 2.51. The number of rotatable bonds is 12. The highest BCUT2D eigenvalue weighted by atomic mass is 32.2. The molecule has 10 nitrogen and oxygen atoms in total. The zero-order valence-corrected chi connectivity index (χ0v) is 27.8. The number of thioether (sulfide) groups is 2. The first-order chi connectivity index (χ1) is 21.8. The van der Waals surface area contributed by atoms with Gasteiger partial charge in [-0.05, 0) is 68.7 Å². The van der Waals surface area contributed by atoms with E-state index >= 15 is 0 Å². The molecule has 5 rings (SSSR count). The molecule has 3 aromatic carbocycles. The number of aliphatic imine (C=N–C) groups is 1. The van der Waals surface area contributed by atoms with Gasteiger partial charge in [-0.15, -0.1) is 0 Å². The number of hydrogen-bond donors (Lipinski definition) is 2. The van der Waals surface area contributed by atoms with Crippen molar-refractivity contribution in [1.82, 2.24) is 9.80 Å². The van der Waals surface area contributed by atoms with E-state index in [4.69, 9.17) is 14.5 Å². The number of ether oxygens (including phenoxy) is 2. The molecule has 2 N–H and O–H groups in total. The number of hydrogen-bond acceptors (Lipinski definition) is 10. The first-order valence-electron chi connectivity index (χ1n) is 14.6. The number of amides is 2. The van der Waals surface area contributed by atoms with E-state index in [-0.39, 0.29) is 18.4 Å². The van der Waals surface area contributed by atoms with Crippen molar-refractivity contribution in [2.75, 3.05) is 70.1 Å². The Morgan fingerprint density at radius 3 is 2.56 bits per heavy atom. The molecule has 2 amide bonds. The largest absolute Gasteiger partial charge is 0.491 e. The highest BCUT2D eigenvalue weighted by Gasteiger charge is 2.39. The van der Waals surface area contributed by atoms with Gasteiger partial charge in [0.15, 0.2) is 5.17 Å². The highest BCUT2D eigenvalue weighted by molar-refractivity contribution is 8.19. The number of nitrogens with zero attached hydrogens (tertiary/aromatic N) is 4. The second-order valence-electron chi connectivity index (χ2n) is 10.7. The van der Waals surface area contributed by atoms with Crippen LogP contribution in [0.15, 0.2) is 86.6 Å². The fraction of sp³-hybridized carbons (Fsp3) is 0.303. The number of methoxy groups -OCH3 is 1. The lowest BCUT2D eigenvalue weighted by Gasteiger charge is -2.18. The maximum Gasteiger partial charge on any atom is 0.269 e. The van der Waals surface area contributed by atoms with Crippen molar-refractivity contribution in [3.8, 4) is 5.75 Å². The molecule has 2 aliphatic rings. The van der Waals surface area contributed by atoms with Gasteiger partial charge in [0.25, 0.3) is 5.91 Å². The summed E-state index contributed by atoms with van der Waals surface area (Å²) in [4.78, 5) is 39.0. The van der Waals surface area contributed by atoms with Crippen molar-refractivity contribution in [2.45, 2.75) is 18.4 Å². The molecule has 0 atom stereocenters. The predicted molar refractivity (Wildman–Crippen MR) is 185 cm³/mol. The first-order valence-corrected chi connectivity index (χ1v) is 16.3. The van der Waals surface area contributed by atoms with E-state index in [1.165, 1.54) is 11.8 Å². The number of carbonyl (C=O) groups is 2. The summed E-state index contributed by atoms with van der Waals surface area (Å²) in [6.45, 7) is 4.30. The van der Waals surface area contributed by atoms with Crippen LogP contribution in [-0.4, -0.2) is 81.3 Å². The SMILES string of the molecule is CCNc1ccc(NC(=O)CN(C)C)cc1/N=C1/S/C(=C2\Sc3ccc(OCCOC)cc3N2C)C(=O)N1Cc1ccccc1. The summed E-state index contributed by atoms with van der Waals surface area (Å²) in [7, 11) is 7.31. The molecule has 0 spiro atoms. The monoisotopic (exact) mass is 646 g/mol. The van der Waals surface area contributed by atoms with Crippen LogP contribution in [-0.2, 0) is 20.9 Å². The summed E-state index contributed by atoms with van der Waals surface area (Å²) in [5.74, 6) is 0.518. The zero-order valence-electron chi connectivity index (χ0n) is 26.1. The number of amidine groups is 1. The molecule has 1 saturated heterocycles. The summed E-state index contributed by atoms with van der Waals surface area (Å²) < 4.78 is 11.0. The van der Waals surface area contributed by atoms with Crippen LogP contribution in [0.25, 0.3) is 0 Å². The lowest BCUT2D eigenvalue weighted by molar-refractivity contribution is -0.122. The summed E-state index contributed by atoms with van der Waals surface area (Å²) >= 11 is 2.93. The molecule has 12 heteroatoms. The van der Waals surface area contributed by atoms with Gasteiger partial charge in [0.1, 0.15) is 17.3 Å². The molecule has 0 aromatic heterocycles. The average molecular weight is 647 g/mol. The fourth-order valence-electron chi connectivity index (χ4n) is 4.81. The van der Waals surface area contributed by atoms with E-state index in [0.29, 0.717) is 47.8 Å². The molecule has 2 heterocycles. The predicted octanol–water partition coefficient (Wildman–Crippen LogP) is 5.82. The number of likely N-dealkylation sites (N-methyl/N-ethyl adjacent to an activating group) is 1. The second kappa shape index (κ2) is 14.9. The minimum absolute atomic E-state index is 0.109.